The number of imidazole rings is 1. The molecule has 3 heterocycles. The first-order valence-corrected chi connectivity index (χ1v) is 18.5. The molecule has 1 radical (unpaired) electrons. The maximum Gasteiger partial charge on any atom is 0.0774 e. The van der Waals surface area contributed by atoms with Gasteiger partial charge >= 0.3 is 0 Å². The standard InChI is InChI=1S/C37H29N2S.C12H10N.Ir/c1-37(2,3)28-19-20-33(29(23-28)26-14-8-5-9-15-26)39-34-17-11-10-16-32(34)38-36(39)31-24-40-35-21-18-27(22-30(31)35)25-12-6-4-7-13-25;1-10-7-8-12(13-9-10)11-5-3-2-4-6-11;/h4-23H,1-3H3;2-5,7-9H,1H3;/q2*-1;/i;1D3;. The van der Waals surface area contributed by atoms with Gasteiger partial charge in [0, 0.05) is 41.7 Å². The predicted octanol–water partition coefficient (Wildman–Crippen LogP) is 13.2. The molecule has 0 saturated carbocycles. The molecule has 267 valence electrons. The largest absolute Gasteiger partial charge is 0.333 e. The fourth-order valence-corrected chi connectivity index (χ4v) is 7.36. The molecule has 54 heavy (non-hydrogen) atoms. The number of pyridine rings is 1. The third kappa shape index (κ3) is 7.62. The molecule has 0 aliphatic rings. The summed E-state index contributed by atoms with van der Waals surface area (Å²) in [6, 6.07) is 57.1. The molecule has 0 aliphatic carbocycles. The number of nitrogens with zero attached hydrogens (tertiary/aromatic N) is 3. The van der Waals surface area contributed by atoms with Crippen molar-refractivity contribution in [1.82, 2.24) is 14.5 Å². The number of rotatable bonds is 5. The molecule has 9 aromatic rings. The fourth-order valence-electron chi connectivity index (χ4n) is 6.54. The molecule has 0 fully saturated rings. The molecular weight excluding hydrogens is 855 g/mol. The quantitative estimate of drug-likeness (QED) is 0.161. The number of aryl methyl sites for hydroxylation is 1. The molecule has 0 aliphatic heterocycles. The SMILES string of the molecule is CC(C)(C)c1ccc(-n2c(-c3[c-]sc4ccc(-c5ccccc5)cc34)nc3ccccc32)c(-c2ccccc2)c1.[2H]C([2H])([2H])c1ccc(-c2[c-]cccc2)nc1.[Ir]. The van der Waals surface area contributed by atoms with Crippen LogP contribution in [0.25, 0.3) is 71.7 Å². The van der Waals surface area contributed by atoms with Crippen molar-refractivity contribution in [1.29, 1.82) is 0 Å². The molecule has 0 atom stereocenters. The number of hydrogen-bond acceptors (Lipinski definition) is 3. The Morgan fingerprint density at radius 1 is 0.704 bits per heavy atom. The first-order valence-electron chi connectivity index (χ1n) is 19.2. The fraction of sp³-hybridized carbons (Fsp3) is 0.102. The van der Waals surface area contributed by atoms with Gasteiger partial charge in [0.05, 0.1) is 16.9 Å². The number of hydrogen-bond donors (Lipinski definition) is 0. The van der Waals surface area contributed by atoms with E-state index in [-0.39, 0.29) is 31.1 Å². The Labute approximate surface area is 339 Å². The van der Waals surface area contributed by atoms with E-state index in [0.29, 0.717) is 0 Å². The van der Waals surface area contributed by atoms with Gasteiger partial charge in [-0.05, 0) is 70.0 Å². The van der Waals surface area contributed by atoms with Crippen LogP contribution in [0.5, 0.6) is 0 Å². The predicted molar refractivity (Wildman–Crippen MR) is 224 cm³/mol. The summed E-state index contributed by atoms with van der Waals surface area (Å²) < 4.78 is 25.2. The third-order valence-electron chi connectivity index (χ3n) is 9.34. The first kappa shape index (κ1) is 33.1. The molecule has 6 aromatic carbocycles. The molecular formula is C49H39IrN3S-2. The van der Waals surface area contributed by atoms with Gasteiger partial charge in [-0.15, -0.1) is 41.3 Å². The number of para-hydroxylation sites is 2. The van der Waals surface area contributed by atoms with Gasteiger partial charge in [-0.1, -0.05) is 146 Å². The van der Waals surface area contributed by atoms with E-state index in [2.05, 4.69) is 163 Å². The van der Waals surface area contributed by atoms with Crippen molar-refractivity contribution in [3.8, 4) is 50.6 Å². The van der Waals surface area contributed by atoms with Crippen molar-refractivity contribution in [3.63, 3.8) is 0 Å². The molecule has 0 saturated heterocycles. The minimum Gasteiger partial charge on any atom is -0.333 e. The van der Waals surface area contributed by atoms with E-state index in [1.165, 1.54) is 44.1 Å². The molecule has 0 amide bonds. The second-order valence-electron chi connectivity index (χ2n) is 14.0. The number of aromatic nitrogens is 3. The maximum atomic E-state index is 7.23. The average Bonchev–Trinajstić information content (AvgIpc) is 3.82. The van der Waals surface area contributed by atoms with Crippen LogP contribution in [-0.4, -0.2) is 14.5 Å². The number of fused-ring (bicyclic) bond motifs is 2. The Morgan fingerprint density at radius 3 is 2.15 bits per heavy atom. The Bertz CT molecular complexity index is 2750. The summed E-state index contributed by atoms with van der Waals surface area (Å²) >= 11 is 1.65. The van der Waals surface area contributed by atoms with Gasteiger partial charge in [-0.25, -0.2) is 0 Å². The summed E-state index contributed by atoms with van der Waals surface area (Å²) in [7, 11) is 0. The molecule has 5 heteroatoms. The van der Waals surface area contributed by atoms with Gasteiger partial charge in [-0.2, -0.15) is 0 Å². The minimum atomic E-state index is -2.09. The van der Waals surface area contributed by atoms with Crippen LogP contribution in [0.15, 0.2) is 164 Å². The van der Waals surface area contributed by atoms with Crippen LogP contribution < -0.4 is 0 Å². The third-order valence-corrected chi connectivity index (χ3v) is 10.2. The Hall–Kier alpha value is -5.45. The van der Waals surface area contributed by atoms with Crippen LogP contribution in [0.2, 0.25) is 0 Å². The smallest absolute Gasteiger partial charge is 0.0774 e. The monoisotopic (exact) mass is 897 g/mol. The van der Waals surface area contributed by atoms with Gasteiger partial charge < -0.3 is 9.55 Å². The number of thiophene rings is 1. The molecule has 3 aromatic heterocycles. The summed E-state index contributed by atoms with van der Waals surface area (Å²) in [4.78, 5) is 9.35. The van der Waals surface area contributed by atoms with Crippen molar-refractivity contribution in [2.75, 3.05) is 0 Å². The zero-order valence-electron chi connectivity index (χ0n) is 33.2. The summed E-state index contributed by atoms with van der Waals surface area (Å²) in [5.41, 5.74) is 12.2. The van der Waals surface area contributed by atoms with Crippen LogP contribution in [-0.2, 0) is 25.5 Å². The van der Waals surface area contributed by atoms with Crippen LogP contribution in [0.4, 0.5) is 0 Å². The van der Waals surface area contributed by atoms with E-state index in [1.54, 1.807) is 29.5 Å². The van der Waals surface area contributed by atoms with Crippen molar-refractivity contribution in [3.05, 3.63) is 186 Å². The molecule has 0 N–H and O–H groups in total. The Balaban J connectivity index is 0.000000246. The van der Waals surface area contributed by atoms with Crippen molar-refractivity contribution < 1.29 is 24.2 Å². The maximum absolute atomic E-state index is 7.23. The molecule has 9 rings (SSSR count). The van der Waals surface area contributed by atoms with Gasteiger partial charge in [0.15, 0.2) is 0 Å². The van der Waals surface area contributed by atoms with Gasteiger partial charge in [0.25, 0.3) is 0 Å². The van der Waals surface area contributed by atoms with E-state index >= 15 is 0 Å². The van der Waals surface area contributed by atoms with E-state index in [1.807, 2.05) is 18.2 Å². The second kappa shape index (κ2) is 15.9. The van der Waals surface area contributed by atoms with Crippen molar-refractivity contribution in [2.24, 2.45) is 0 Å². The van der Waals surface area contributed by atoms with Gasteiger partial charge in [0.2, 0.25) is 0 Å². The summed E-state index contributed by atoms with van der Waals surface area (Å²) in [5, 5.41) is 4.81. The van der Waals surface area contributed by atoms with Crippen molar-refractivity contribution >= 4 is 32.5 Å². The normalized spacial score (nSPS) is 12.2. The topological polar surface area (TPSA) is 30.7 Å². The minimum absolute atomic E-state index is 0. The summed E-state index contributed by atoms with van der Waals surface area (Å²) in [6.07, 6.45) is 1.39. The number of benzene rings is 6. The van der Waals surface area contributed by atoms with E-state index in [0.717, 1.165) is 39.4 Å². The van der Waals surface area contributed by atoms with Crippen molar-refractivity contribution in [2.45, 2.75) is 33.0 Å². The van der Waals surface area contributed by atoms with Gasteiger partial charge in [-0.3, -0.25) is 16.3 Å². The Morgan fingerprint density at radius 2 is 1.44 bits per heavy atom. The van der Waals surface area contributed by atoms with Crippen LogP contribution in [0.1, 0.15) is 36.0 Å². The van der Waals surface area contributed by atoms with Crippen LogP contribution >= 0.6 is 11.3 Å². The van der Waals surface area contributed by atoms with E-state index < -0.39 is 6.85 Å². The molecule has 0 bridgehead atoms. The Kier molecular flexibility index (Phi) is 9.75. The zero-order chi connectivity index (χ0) is 38.9. The van der Waals surface area contributed by atoms with Crippen LogP contribution in [0, 0.1) is 18.3 Å². The van der Waals surface area contributed by atoms with E-state index in [4.69, 9.17) is 9.10 Å². The molecule has 0 unspecified atom stereocenters. The van der Waals surface area contributed by atoms with E-state index in [9.17, 15) is 0 Å². The van der Waals surface area contributed by atoms with Crippen LogP contribution in [0.3, 0.4) is 0 Å². The van der Waals surface area contributed by atoms with Gasteiger partial charge in [0.1, 0.15) is 0 Å². The second-order valence-corrected chi connectivity index (χ2v) is 14.8. The summed E-state index contributed by atoms with van der Waals surface area (Å²) in [6.45, 7) is 4.72. The summed E-state index contributed by atoms with van der Waals surface area (Å²) in [5.74, 6) is 0.915. The molecule has 3 nitrogen and oxygen atoms in total. The molecule has 0 spiro atoms. The first-order chi connectivity index (χ1) is 27.0. The zero-order valence-corrected chi connectivity index (χ0v) is 33.4. The average molecular weight is 897 g/mol.